The zero-order valence-electron chi connectivity index (χ0n) is 8.40. The van der Waals surface area contributed by atoms with Gasteiger partial charge in [-0.25, -0.2) is 9.89 Å². The molecule has 0 aromatic carbocycles. The summed E-state index contributed by atoms with van der Waals surface area (Å²) in [7, 11) is 0. The highest BCUT2D eigenvalue weighted by atomic mass is 16.5. The summed E-state index contributed by atoms with van der Waals surface area (Å²) in [6.45, 7) is 2.06. The topological polar surface area (TPSA) is 117 Å². The lowest BCUT2D eigenvalue weighted by molar-refractivity contribution is 0.384. The molecule has 0 aliphatic heterocycles. The number of aromatic nitrogens is 4. The molecule has 2 aromatic rings. The highest BCUT2D eigenvalue weighted by molar-refractivity contribution is 5.29. The molecule has 0 aliphatic carbocycles. The van der Waals surface area contributed by atoms with Gasteiger partial charge in [0, 0.05) is 6.07 Å². The molecule has 0 aliphatic rings. The average molecular weight is 223 g/mol. The van der Waals surface area contributed by atoms with E-state index in [1.807, 2.05) is 4.98 Å². The summed E-state index contributed by atoms with van der Waals surface area (Å²) < 4.78 is 4.93. The van der Waals surface area contributed by atoms with Crippen LogP contribution in [-0.4, -0.2) is 20.3 Å². The van der Waals surface area contributed by atoms with Gasteiger partial charge in [-0.1, -0.05) is 5.16 Å². The molecule has 0 atom stereocenters. The Hall–Kier alpha value is -2.38. The molecule has 0 fully saturated rings. The van der Waals surface area contributed by atoms with Gasteiger partial charge in [0.05, 0.1) is 12.2 Å². The van der Waals surface area contributed by atoms with Crippen LogP contribution in [0.25, 0.3) is 0 Å². The Morgan fingerprint density at radius 2 is 2.31 bits per heavy atom. The molecule has 8 heteroatoms. The summed E-state index contributed by atoms with van der Waals surface area (Å²) in [5.41, 5.74) is -0.480. The van der Waals surface area contributed by atoms with Crippen LogP contribution in [0.15, 0.2) is 20.2 Å². The van der Waals surface area contributed by atoms with E-state index in [-0.39, 0.29) is 12.4 Å². The number of nitrogens with one attached hydrogen (secondary N) is 3. The van der Waals surface area contributed by atoms with Crippen LogP contribution in [0.5, 0.6) is 0 Å². The van der Waals surface area contributed by atoms with E-state index in [9.17, 15) is 9.59 Å². The van der Waals surface area contributed by atoms with Crippen molar-refractivity contribution in [3.05, 3.63) is 38.4 Å². The van der Waals surface area contributed by atoms with Gasteiger partial charge in [0.1, 0.15) is 0 Å². The fourth-order valence-electron chi connectivity index (χ4n) is 1.14. The van der Waals surface area contributed by atoms with Crippen molar-refractivity contribution in [3.8, 4) is 0 Å². The van der Waals surface area contributed by atoms with E-state index in [0.717, 1.165) is 5.69 Å². The molecule has 2 heterocycles. The van der Waals surface area contributed by atoms with E-state index in [1.54, 1.807) is 13.0 Å². The minimum atomic E-state index is -0.647. The van der Waals surface area contributed by atoms with Crippen LogP contribution in [0.1, 0.15) is 11.5 Å². The first-order valence-corrected chi connectivity index (χ1v) is 4.50. The third-order valence-corrected chi connectivity index (χ3v) is 1.82. The molecule has 0 unspecified atom stereocenters. The van der Waals surface area contributed by atoms with Crippen LogP contribution < -0.4 is 16.6 Å². The van der Waals surface area contributed by atoms with Crippen LogP contribution in [-0.2, 0) is 6.54 Å². The Kier molecular flexibility index (Phi) is 2.54. The molecule has 16 heavy (non-hydrogen) atoms. The fourth-order valence-corrected chi connectivity index (χ4v) is 1.14. The first kappa shape index (κ1) is 10.1. The molecule has 84 valence electrons. The van der Waals surface area contributed by atoms with Crippen molar-refractivity contribution in [2.24, 2.45) is 0 Å². The number of aromatic amines is 2. The zero-order chi connectivity index (χ0) is 11.5. The Morgan fingerprint density at radius 3 is 2.94 bits per heavy atom. The van der Waals surface area contributed by atoms with Gasteiger partial charge in [0.2, 0.25) is 5.82 Å². The van der Waals surface area contributed by atoms with Crippen LogP contribution in [0.4, 0.5) is 5.82 Å². The standard InChI is InChI=1S/C8H9N5O3/c1-4-2-5(16-13-4)3-9-6-7(14)10-8(15)12-11-6/h2H,3H2,1H3,(H,9,11)(H2,10,12,14,15). The molecule has 0 saturated heterocycles. The zero-order valence-corrected chi connectivity index (χ0v) is 8.40. The monoisotopic (exact) mass is 223 g/mol. The molecule has 8 nitrogen and oxygen atoms in total. The lowest BCUT2D eigenvalue weighted by atomic mass is 10.4. The van der Waals surface area contributed by atoms with E-state index in [0.29, 0.717) is 5.76 Å². The number of hydrogen-bond donors (Lipinski definition) is 3. The largest absolute Gasteiger partial charge is 0.359 e. The predicted molar refractivity (Wildman–Crippen MR) is 54.0 cm³/mol. The molecule has 0 bridgehead atoms. The second-order valence-electron chi connectivity index (χ2n) is 3.14. The van der Waals surface area contributed by atoms with Crippen molar-refractivity contribution in [2.75, 3.05) is 5.32 Å². The number of rotatable bonds is 3. The van der Waals surface area contributed by atoms with Crippen LogP contribution in [0.2, 0.25) is 0 Å². The lowest BCUT2D eigenvalue weighted by Gasteiger charge is -1.99. The Balaban J connectivity index is 2.10. The molecule has 3 N–H and O–H groups in total. The van der Waals surface area contributed by atoms with Gasteiger partial charge < -0.3 is 9.84 Å². The maximum absolute atomic E-state index is 11.2. The highest BCUT2D eigenvalue weighted by Crippen LogP contribution is 2.03. The van der Waals surface area contributed by atoms with Crippen molar-refractivity contribution in [1.29, 1.82) is 0 Å². The summed E-state index contributed by atoms with van der Waals surface area (Å²) in [5.74, 6) is 0.596. The highest BCUT2D eigenvalue weighted by Gasteiger charge is 2.04. The summed E-state index contributed by atoms with van der Waals surface area (Å²) in [4.78, 5) is 24.0. The predicted octanol–water partition coefficient (Wildman–Crippen LogP) is -0.633. The van der Waals surface area contributed by atoms with Crippen molar-refractivity contribution >= 4 is 5.82 Å². The van der Waals surface area contributed by atoms with E-state index in [2.05, 4.69) is 20.7 Å². The van der Waals surface area contributed by atoms with Gasteiger partial charge in [0.25, 0.3) is 5.56 Å². The quantitative estimate of drug-likeness (QED) is 0.637. The van der Waals surface area contributed by atoms with Gasteiger partial charge in [-0.15, -0.1) is 5.10 Å². The SMILES string of the molecule is Cc1cc(CNc2n[nH]c(=O)[nH]c2=O)on1. The molecule has 2 rings (SSSR count). The first-order valence-electron chi connectivity index (χ1n) is 4.50. The number of nitrogens with zero attached hydrogens (tertiary/aromatic N) is 2. The average Bonchev–Trinajstić information content (AvgIpc) is 2.63. The Labute approximate surface area is 88.7 Å². The molecular weight excluding hydrogens is 214 g/mol. The van der Waals surface area contributed by atoms with Crippen LogP contribution >= 0.6 is 0 Å². The lowest BCUT2D eigenvalue weighted by Crippen LogP contribution is -2.26. The minimum Gasteiger partial charge on any atom is -0.359 e. The van der Waals surface area contributed by atoms with E-state index in [4.69, 9.17) is 4.52 Å². The summed E-state index contributed by atoms with van der Waals surface area (Å²) in [6.07, 6.45) is 0. The number of anilines is 1. The van der Waals surface area contributed by atoms with Crippen LogP contribution in [0, 0.1) is 6.92 Å². The van der Waals surface area contributed by atoms with Gasteiger partial charge in [-0.3, -0.25) is 9.78 Å². The van der Waals surface area contributed by atoms with Crippen molar-refractivity contribution in [2.45, 2.75) is 13.5 Å². The van der Waals surface area contributed by atoms with Gasteiger partial charge in [-0.2, -0.15) is 0 Å². The van der Waals surface area contributed by atoms with Gasteiger partial charge in [-0.05, 0) is 6.92 Å². The van der Waals surface area contributed by atoms with Gasteiger partial charge in [0.15, 0.2) is 5.76 Å². The third kappa shape index (κ3) is 2.16. The Morgan fingerprint density at radius 1 is 1.50 bits per heavy atom. The van der Waals surface area contributed by atoms with Gasteiger partial charge >= 0.3 is 5.69 Å². The maximum Gasteiger partial charge on any atom is 0.342 e. The van der Waals surface area contributed by atoms with Crippen LogP contribution in [0.3, 0.4) is 0 Å². The molecule has 0 amide bonds. The molecule has 2 aromatic heterocycles. The molecule has 0 spiro atoms. The fraction of sp³-hybridized carbons (Fsp3) is 0.250. The normalized spacial score (nSPS) is 10.3. The molecular formula is C8H9N5O3. The second kappa shape index (κ2) is 4.01. The summed E-state index contributed by atoms with van der Waals surface area (Å²) >= 11 is 0. The number of hydrogen-bond acceptors (Lipinski definition) is 6. The minimum absolute atomic E-state index is 0.0219. The van der Waals surface area contributed by atoms with E-state index in [1.165, 1.54) is 0 Å². The third-order valence-electron chi connectivity index (χ3n) is 1.82. The van der Waals surface area contributed by atoms with Crippen molar-refractivity contribution < 1.29 is 4.52 Å². The molecule has 0 saturated carbocycles. The number of H-pyrrole nitrogens is 2. The first-order chi connectivity index (χ1) is 7.65. The number of aryl methyl sites for hydroxylation is 1. The maximum atomic E-state index is 11.2. The van der Waals surface area contributed by atoms with E-state index < -0.39 is 11.2 Å². The van der Waals surface area contributed by atoms with E-state index >= 15 is 0 Å². The molecule has 0 radical (unpaired) electrons. The second-order valence-corrected chi connectivity index (χ2v) is 3.14. The Bertz CT molecular complexity index is 596. The smallest absolute Gasteiger partial charge is 0.342 e. The van der Waals surface area contributed by atoms with Crippen molar-refractivity contribution in [1.82, 2.24) is 20.3 Å². The summed E-state index contributed by atoms with van der Waals surface area (Å²) in [6, 6.07) is 1.73. The summed E-state index contributed by atoms with van der Waals surface area (Å²) in [5, 5.41) is 12.1. The van der Waals surface area contributed by atoms with Crippen molar-refractivity contribution in [3.63, 3.8) is 0 Å².